The fourth-order valence-corrected chi connectivity index (χ4v) is 6.20. The third-order valence-electron chi connectivity index (χ3n) is 5.25. The Bertz CT molecular complexity index is 934. The third kappa shape index (κ3) is 9.56. The van der Waals surface area contributed by atoms with Crippen molar-refractivity contribution in [2.75, 3.05) is 6.61 Å². The van der Waals surface area contributed by atoms with Gasteiger partial charge in [-0.3, -0.25) is 14.4 Å². The third-order valence-corrected chi connectivity index (χ3v) is 8.01. The highest BCUT2D eigenvalue weighted by Crippen LogP contribution is 2.34. The zero-order valence-electron chi connectivity index (χ0n) is 21.1. The summed E-state index contributed by atoms with van der Waals surface area (Å²) < 4.78 is 22.1. The second-order valence-corrected chi connectivity index (χ2v) is 10.9. The molecule has 0 spiro atoms. The summed E-state index contributed by atoms with van der Waals surface area (Å²) in [5.41, 5.74) is 3.19. The van der Waals surface area contributed by atoms with Crippen molar-refractivity contribution in [2.45, 2.75) is 72.3 Å². The van der Waals surface area contributed by atoms with Crippen LogP contribution in [0, 0.1) is 0 Å². The van der Waals surface area contributed by atoms with E-state index in [1.54, 1.807) is 0 Å². The summed E-state index contributed by atoms with van der Waals surface area (Å²) in [6, 6.07) is 16.3. The summed E-state index contributed by atoms with van der Waals surface area (Å²) in [4.78, 5) is 35.0. The van der Waals surface area contributed by atoms with Crippen molar-refractivity contribution in [1.29, 1.82) is 0 Å². The highest BCUT2D eigenvalue weighted by atomic mass is 28.4. The molecular formula is C27H36O7Si. The molecule has 0 unspecified atom stereocenters. The quantitative estimate of drug-likeness (QED) is 0.237. The van der Waals surface area contributed by atoms with Gasteiger partial charge >= 0.3 is 8.80 Å². The topological polar surface area (TPSA) is 88.1 Å². The van der Waals surface area contributed by atoms with E-state index >= 15 is 0 Å². The van der Waals surface area contributed by atoms with Crippen LogP contribution in [0.5, 0.6) is 5.75 Å². The van der Waals surface area contributed by atoms with Gasteiger partial charge in [-0.25, -0.2) is 0 Å². The minimum absolute atomic E-state index is 0.0745. The van der Waals surface area contributed by atoms with E-state index in [2.05, 4.69) is 13.0 Å². The van der Waals surface area contributed by atoms with Crippen molar-refractivity contribution in [2.24, 2.45) is 0 Å². The monoisotopic (exact) mass is 500 g/mol. The first-order valence-corrected chi connectivity index (χ1v) is 14.1. The minimum Gasteiger partial charge on any atom is -0.493 e. The Morgan fingerprint density at radius 3 is 1.94 bits per heavy atom. The molecule has 0 bridgehead atoms. The van der Waals surface area contributed by atoms with Crippen LogP contribution in [0.1, 0.15) is 65.4 Å². The lowest BCUT2D eigenvalue weighted by atomic mass is 9.98. The maximum atomic E-state index is 11.7. The maximum absolute atomic E-state index is 11.7. The zero-order valence-corrected chi connectivity index (χ0v) is 22.1. The zero-order chi connectivity index (χ0) is 25.7. The molecule has 0 radical (unpaired) electrons. The number of para-hydroxylation sites is 1. The highest BCUT2D eigenvalue weighted by molar-refractivity contribution is 6.65. The molecule has 2 rings (SSSR count). The van der Waals surface area contributed by atoms with Crippen LogP contribution in [0.2, 0.25) is 6.04 Å². The van der Waals surface area contributed by atoms with Gasteiger partial charge in [-0.15, -0.1) is 0 Å². The number of rotatable bonds is 14. The molecule has 0 aliphatic rings. The van der Waals surface area contributed by atoms with Crippen LogP contribution in [-0.2, 0) is 34.1 Å². The summed E-state index contributed by atoms with van der Waals surface area (Å²) in [6.45, 7) is 6.02. The Balaban J connectivity index is 2.21. The Morgan fingerprint density at radius 2 is 1.37 bits per heavy atom. The lowest BCUT2D eigenvalue weighted by Crippen LogP contribution is -2.49. The molecule has 0 heterocycles. The number of carbonyl (C=O) groups is 3. The summed E-state index contributed by atoms with van der Waals surface area (Å²) >= 11 is 0. The second kappa shape index (κ2) is 14.3. The number of ether oxygens (including phenoxy) is 1. The van der Waals surface area contributed by atoms with Gasteiger partial charge < -0.3 is 18.0 Å². The van der Waals surface area contributed by atoms with E-state index in [1.165, 1.54) is 33.6 Å². The maximum Gasteiger partial charge on any atom is 0.705 e. The van der Waals surface area contributed by atoms with E-state index in [-0.39, 0.29) is 12.7 Å². The standard InChI is InChI=1S/C27H36O7Si/c1-5-6-7-9-16-25-17-12-18-26(24-14-10-8-11-15-24)27(25)31-19-13-20-35(32-21(2)28,33-22(3)29)34-23(4)30/h8,10-12,14-15,17-18H,5-7,9,13,16,19-20H2,1-4H3. The van der Waals surface area contributed by atoms with Crippen LogP contribution in [0.4, 0.5) is 0 Å². The normalized spacial score (nSPS) is 11.0. The van der Waals surface area contributed by atoms with Crippen molar-refractivity contribution in [1.82, 2.24) is 0 Å². The number of hydrogen-bond acceptors (Lipinski definition) is 7. The largest absolute Gasteiger partial charge is 0.705 e. The molecule has 0 fully saturated rings. The number of aryl methyl sites for hydroxylation is 1. The van der Waals surface area contributed by atoms with Crippen molar-refractivity contribution >= 4 is 26.7 Å². The van der Waals surface area contributed by atoms with Crippen LogP contribution in [0.15, 0.2) is 48.5 Å². The summed E-state index contributed by atoms with van der Waals surface area (Å²) in [6.07, 6.45) is 5.87. The lowest BCUT2D eigenvalue weighted by molar-refractivity contribution is -0.147. The van der Waals surface area contributed by atoms with Gasteiger partial charge in [0.1, 0.15) is 5.75 Å². The van der Waals surface area contributed by atoms with Crippen LogP contribution in [-0.4, -0.2) is 33.3 Å². The second-order valence-electron chi connectivity index (χ2n) is 8.39. The molecule has 0 N–H and O–H groups in total. The van der Waals surface area contributed by atoms with Gasteiger partial charge in [0.15, 0.2) is 0 Å². The predicted molar refractivity (Wildman–Crippen MR) is 136 cm³/mol. The molecule has 190 valence electrons. The average molecular weight is 501 g/mol. The van der Waals surface area contributed by atoms with Crippen molar-refractivity contribution in [3.05, 3.63) is 54.1 Å². The first kappa shape index (κ1) is 28.1. The fraction of sp³-hybridized carbons (Fsp3) is 0.444. The van der Waals surface area contributed by atoms with E-state index in [0.717, 1.165) is 41.7 Å². The molecule has 8 heteroatoms. The van der Waals surface area contributed by atoms with Gasteiger partial charge in [0, 0.05) is 26.3 Å². The van der Waals surface area contributed by atoms with Gasteiger partial charge in [0.05, 0.1) is 12.7 Å². The first-order chi connectivity index (χ1) is 16.8. The summed E-state index contributed by atoms with van der Waals surface area (Å²) in [7, 11) is -3.87. The van der Waals surface area contributed by atoms with Crippen LogP contribution < -0.4 is 4.74 Å². The van der Waals surface area contributed by atoms with E-state index in [0.29, 0.717) is 6.42 Å². The van der Waals surface area contributed by atoms with Crippen LogP contribution in [0.3, 0.4) is 0 Å². The summed E-state index contributed by atoms with van der Waals surface area (Å²) in [5.74, 6) is -1.22. The van der Waals surface area contributed by atoms with Gasteiger partial charge in [-0.2, -0.15) is 0 Å². The smallest absolute Gasteiger partial charge is 0.493 e. The Labute approximate surface area is 209 Å². The van der Waals surface area contributed by atoms with Crippen LogP contribution >= 0.6 is 0 Å². The molecule has 35 heavy (non-hydrogen) atoms. The Hall–Kier alpha value is -3.13. The Morgan fingerprint density at radius 1 is 0.743 bits per heavy atom. The van der Waals surface area contributed by atoms with Gasteiger partial charge in [0.2, 0.25) is 0 Å². The lowest BCUT2D eigenvalue weighted by Gasteiger charge is -2.26. The molecule has 0 aliphatic heterocycles. The van der Waals surface area contributed by atoms with Gasteiger partial charge in [0.25, 0.3) is 17.9 Å². The highest BCUT2D eigenvalue weighted by Gasteiger charge is 2.51. The van der Waals surface area contributed by atoms with Crippen LogP contribution in [0.25, 0.3) is 11.1 Å². The molecule has 0 aliphatic carbocycles. The van der Waals surface area contributed by atoms with E-state index < -0.39 is 26.7 Å². The number of hydrogen-bond donors (Lipinski definition) is 0. The molecule has 0 atom stereocenters. The number of unbranched alkanes of at least 4 members (excludes halogenated alkanes) is 3. The fourth-order valence-electron chi connectivity index (χ4n) is 3.87. The molecule has 0 aromatic heterocycles. The molecule has 0 saturated heterocycles. The predicted octanol–water partition coefficient (Wildman–Crippen LogP) is 5.87. The molecule has 2 aromatic rings. The first-order valence-electron chi connectivity index (χ1n) is 12.1. The van der Waals surface area contributed by atoms with E-state index in [4.69, 9.17) is 18.0 Å². The molecule has 0 amide bonds. The molecule has 7 nitrogen and oxygen atoms in total. The minimum atomic E-state index is -3.87. The summed E-state index contributed by atoms with van der Waals surface area (Å²) in [5, 5.41) is 0. The SMILES string of the molecule is CCCCCCc1cccc(-c2ccccc2)c1OCCC[Si](OC(C)=O)(OC(C)=O)OC(C)=O. The number of benzene rings is 2. The van der Waals surface area contributed by atoms with Crippen molar-refractivity contribution < 1.29 is 32.4 Å². The molecule has 0 saturated carbocycles. The van der Waals surface area contributed by atoms with E-state index in [1.807, 2.05) is 42.5 Å². The van der Waals surface area contributed by atoms with Crippen molar-refractivity contribution in [3.63, 3.8) is 0 Å². The molecule has 2 aromatic carbocycles. The Kier molecular flexibility index (Phi) is 11.5. The van der Waals surface area contributed by atoms with E-state index in [9.17, 15) is 14.4 Å². The van der Waals surface area contributed by atoms with Gasteiger partial charge in [-0.1, -0.05) is 74.7 Å². The molecular weight excluding hydrogens is 464 g/mol. The number of carbonyl (C=O) groups excluding carboxylic acids is 3. The van der Waals surface area contributed by atoms with Crippen molar-refractivity contribution in [3.8, 4) is 16.9 Å². The average Bonchev–Trinajstić information content (AvgIpc) is 2.79. The van der Waals surface area contributed by atoms with Gasteiger partial charge in [-0.05, 0) is 30.4 Å².